The minimum absolute atomic E-state index is 0.0103. The van der Waals surface area contributed by atoms with Crippen LogP contribution in [0.1, 0.15) is 43.5 Å². The molecule has 0 radical (unpaired) electrons. The number of fused-ring (bicyclic) bond motifs is 1. The van der Waals surface area contributed by atoms with Crippen molar-refractivity contribution in [1.82, 2.24) is 10.2 Å². The molecule has 4 atom stereocenters. The number of nitro benzene ring substituents is 1. The molecule has 13 heteroatoms. The lowest BCUT2D eigenvalue weighted by molar-refractivity contribution is -0.384. The topological polar surface area (TPSA) is 190 Å². The first-order chi connectivity index (χ1) is 19.4. The Kier molecular flexibility index (Phi) is 8.10. The second-order valence-electron chi connectivity index (χ2n) is 10.1. The van der Waals surface area contributed by atoms with E-state index in [4.69, 9.17) is 5.73 Å². The van der Waals surface area contributed by atoms with E-state index in [2.05, 4.69) is 5.32 Å². The van der Waals surface area contributed by atoms with Crippen LogP contribution in [0.4, 0.5) is 11.4 Å². The van der Waals surface area contributed by atoms with E-state index >= 15 is 0 Å². The standard InChI is InChI=1S/C28H29N5O8/c1-16(29)24(36)30-17(2)25(37)31-15-14-21-22(34)12-13-23(35)28(21,31)27(39)32(26(38)18-6-4-3-5-7-18)19-8-10-20(11-9-19)33(40)41/h3-11,16-17,21H,12-15,29H2,1-2H3,(H,30,36)/t16-,17-,21?,28+/m0/s1. The molecule has 0 aromatic heterocycles. The molecule has 2 aromatic carbocycles. The van der Waals surface area contributed by atoms with Crippen molar-refractivity contribution in [3.63, 3.8) is 0 Å². The van der Waals surface area contributed by atoms with E-state index in [9.17, 15) is 38.9 Å². The van der Waals surface area contributed by atoms with Crippen molar-refractivity contribution in [1.29, 1.82) is 0 Å². The average molecular weight is 564 g/mol. The van der Waals surface area contributed by atoms with Crippen LogP contribution in [0.2, 0.25) is 0 Å². The van der Waals surface area contributed by atoms with E-state index in [0.717, 1.165) is 17.0 Å². The molecule has 214 valence electrons. The Morgan fingerprint density at radius 2 is 1.68 bits per heavy atom. The Labute approximate surface area is 234 Å². The quantitative estimate of drug-likeness (QED) is 0.215. The van der Waals surface area contributed by atoms with Gasteiger partial charge in [0, 0.05) is 37.1 Å². The van der Waals surface area contributed by atoms with E-state index < -0.39 is 63.7 Å². The molecule has 1 saturated heterocycles. The fourth-order valence-corrected chi connectivity index (χ4v) is 5.41. The second kappa shape index (κ2) is 11.4. The number of nitrogens with zero attached hydrogens (tertiary/aromatic N) is 3. The third kappa shape index (κ3) is 5.11. The highest BCUT2D eigenvalue weighted by Gasteiger charge is 2.66. The van der Waals surface area contributed by atoms with Crippen molar-refractivity contribution in [3.8, 4) is 0 Å². The van der Waals surface area contributed by atoms with Gasteiger partial charge < -0.3 is 16.0 Å². The van der Waals surface area contributed by atoms with Crippen LogP contribution in [-0.4, -0.2) is 69.2 Å². The van der Waals surface area contributed by atoms with Gasteiger partial charge in [-0.25, -0.2) is 4.90 Å². The number of hydrogen-bond acceptors (Lipinski definition) is 9. The summed E-state index contributed by atoms with van der Waals surface area (Å²) in [6.45, 7) is 2.63. The van der Waals surface area contributed by atoms with E-state index in [1.165, 1.54) is 38.1 Å². The maximum Gasteiger partial charge on any atom is 0.269 e. The fourth-order valence-electron chi connectivity index (χ4n) is 5.41. The van der Waals surface area contributed by atoms with Crippen molar-refractivity contribution < 1.29 is 33.7 Å². The number of likely N-dealkylation sites (tertiary alicyclic amines) is 1. The monoisotopic (exact) mass is 563 g/mol. The molecule has 3 N–H and O–H groups in total. The molecule has 13 nitrogen and oxygen atoms in total. The molecule has 41 heavy (non-hydrogen) atoms. The van der Waals surface area contributed by atoms with Gasteiger partial charge in [-0.3, -0.25) is 38.9 Å². The molecule has 1 saturated carbocycles. The lowest BCUT2D eigenvalue weighted by atomic mass is 9.70. The van der Waals surface area contributed by atoms with Crippen LogP contribution in [0.25, 0.3) is 0 Å². The zero-order valence-corrected chi connectivity index (χ0v) is 22.4. The van der Waals surface area contributed by atoms with E-state index in [1.807, 2.05) is 0 Å². The highest BCUT2D eigenvalue weighted by atomic mass is 16.6. The highest BCUT2D eigenvalue weighted by molar-refractivity contribution is 6.31. The van der Waals surface area contributed by atoms with Crippen LogP contribution in [0.15, 0.2) is 54.6 Å². The first-order valence-electron chi connectivity index (χ1n) is 13.0. The van der Waals surface area contributed by atoms with Crippen LogP contribution in [0, 0.1) is 16.0 Å². The van der Waals surface area contributed by atoms with Gasteiger partial charge in [-0.2, -0.15) is 0 Å². The van der Waals surface area contributed by atoms with Crippen LogP contribution >= 0.6 is 0 Å². The van der Waals surface area contributed by atoms with Crippen molar-refractivity contribution in [2.45, 2.75) is 50.7 Å². The third-order valence-electron chi connectivity index (χ3n) is 7.46. The van der Waals surface area contributed by atoms with Gasteiger partial charge in [0.15, 0.2) is 11.3 Å². The molecule has 4 rings (SSSR count). The van der Waals surface area contributed by atoms with E-state index in [1.54, 1.807) is 18.2 Å². The Morgan fingerprint density at radius 3 is 2.27 bits per heavy atom. The molecule has 0 bridgehead atoms. The first-order valence-corrected chi connectivity index (χ1v) is 13.0. The molecule has 1 aliphatic carbocycles. The summed E-state index contributed by atoms with van der Waals surface area (Å²) in [7, 11) is 0. The van der Waals surface area contributed by atoms with Crippen LogP contribution < -0.4 is 16.0 Å². The van der Waals surface area contributed by atoms with Gasteiger partial charge in [-0.1, -0.05) is 18.2 Å². The van der Waals surface area contributed by atoms with Crippen LogP contribution in [-0.2, 0) is 24.0 Å². The van der Waals surface area contributed by atoms with Crippen molar-refractivity contribution in [3.05, 3.63) is 70.3 Å². The van der Waals surface area contributed by atoms with Gasteiger partial charge in [0.25, 0.3) is 17.5 Å². The second-order valence-corrected chi connectivity index (χ2v) is 10.1. The normalized spacial score (nSPS) is 21.4. The van der Waals surface area contributed by atoms with Crippen molar-refractivity contribution >= 4 is 46.6 Å². The summed E-state index contributed by atoms with van der Waals surface area (Å²) >= 11 is 0. The Hall–Kier alpha value is -4.78. The number of Topliss-reactive ketones (excluding diaryl/α,β-unsaturated/α-hetero) is 2. The number of amides is 4. The van der Waals surface area contributed by atoms with Gasteiger partial charge in [-0.05, 0) is 44.5 Å². The largest absolute Gasteiger partial charge is 0.343 e. The molecule has 1 unspecified atom stereocenters. The molecule has 2 aromatic rings. The molecular formula is C28H29N5O8. The predicted octanol–water partition coefficient (Wildman–Crippen LogP) is 1.14. The first kappa shape index (κ1) is 29.2. The smallest absolute Gasteiger partial charge is 0.269 e. The molecule has 1 aliphatic heterocycles. The van der Waals surface area contributed by atoms with Gasteiger partial charge in [0.2, 0.25) is 11.8 Å². The van der Waals surface area contributed by atoms with Gasteiger partial charge in [-0.15, -0.1) is 0 Å². The summed E-state index contributed by atoms with van der Waals surface area (Å²) in [5.41, 5.74) is 2.92. The Bertz CT molecular complexity index is 1420. The Morgan fingerprint density at radius 1 is 1.05 bits per heavy atom. The van der Waals surface area contributed by atoms with Crippen molar-refractivity contribution in [2.75, 3.05) is 11.4 Å². The maximum atomic E-state index is 14.7. The molecular weight excluding hydrogens is 534 g/mol. The summed E-state index contributed by atoms with van der Waals surface area (Å²) in [4.78, 5) is 93.6. The van der Waals surface area contributed by atoms with Gasteiger partial charge >= 0.3 is 0 Å². The summed E-state index contributed by atoms with van der Waals surface area (Å²) in [5, 5.41) is 13.7. The third-order valence-corrected chi connectivity index (χ3v) is 7.46. The zero-order valence-electron chi connectivity index (χ0n) is 22.4. The van der Waals surface area contributed by atoms with Gasteiger partial charge in [0.05, 0.1) is 22.6 Å². The number of rotatable bonds is 7. The number of anilines is 1. The van der Waals surface area contributed by atoms with Crippen LogP contribution in [0.3, 0.4) is 0 Å². The maximum absolute atomic E-state index is 14.7. The summed E-state index contributed by atoms with van der Waals surface area (Å²) in [5.74, 6) is -5.76. The highest BCUT2D eigenvalue weighted by Crippen LogP contribution is 2.44. The number of benzene rings is 2. The number of nitro groups is 1. The number of nitrogens with two attached hydrogens (primary N) is 1. The molecule has 2 aliphatic rings. The van der Waals surface area contributed by atoms with Crippen LogP contribution in [0.5, 0.6) is 0 Å². The number of nitrogens with one attached hydrogen (secondary N) is 1. The Balaban J connectivity index is 1.87. The number of imide groups is 1. The zero-order chi connectivity index (χ0) is 30.1. The minimum Gasteiger partial charge on any atom is -0.343 e. The molecule has 1 heterocycles. The fraction of sp³-hybridized carbons (Fsp3) is 0.357. The molecule has 4 amide bonds. The number of carbonyl (C=O) groups is 6. The lowest BCUT2D eigenvalue weighted by Crippen LogP contribution is -2.70. The van der Waals surface area contributed by atoms with Gasteiger partial charge in [0.1, 0.15) is 11.8 Å². The minimum atomic E-state index is -2.36. The lowest BCUT2D eigenvalue weighted by Gasteiger charge is -2.44. The number of carbonyl (C=O) groups excluding carboxylic acids is 6. The summed E-state index contributed by atoms with van der Waals surface area (Å²) in [6.07, 6.45) is -0.468. The molecule has 2 fully saturated rings. The summed E-state index contributed by atoms with van der Waals surface area (Å²) < 4.78 is 0. The number of non-ortho nitro benzene ring substituents is 1. The average Bonchev–Trinajstić information content (AvgIpc) is 3.38. The van der Waals surface area contributed by atoms with Crippen molar-refractivity contribution in [2.24, 2.45) is 11.7 Å². The predicted molar refractivity (Wildman–Crippen MR) is 144 cm³/mol. The number of ketones is 2. The number of hydrogen-bond donors (Lipinski definition) is 2. The summed E-state index contributed by atoms with van der Waals surface area (Å²) in [6, 6.07) is 10.1. The SMILES string of the molecule is C[C@H](N)C(=O)N[C@@H](C)C(=O)N1CCC2C(=O)CCC(=O)[C@@]21C(=O)N(C(=O)c1ccccc1)c1ccc([N+](=O)[O-])cc1. The van der Waals surface area contributed by atoms with E-state index in [-0.39, 0.29) is 42.7 Å². The van der Waals surface area contributed by atoms with E-state index in [0.29, 0.717) is 4.90 Å². The molecule has 0 spiro atoms.